The van der Waals surface area contributed by atoms with E-state index in [1.165, 1.54) is 83.5 Å². The molecule has 3 nitrogen and oxygen atoms in total. The van der Waals surface area contributed by atoms with Crippen molar-refractivity contribution in [3.05, 3.63) is 12.2 Å². The summed E-state index contributed by atoms with van der Waals surface area (Å²) in [6, 6.07) is 0. The van der Waals surface area contributed by atoms with Gasteiger partial charge in [-0.15, -0.1) is 0 Å². The maximum absolute atomic E-state index is 11.3. The van der Waals surface area contributed by atoms with E-state index in [0.717, 1.165) is 25.7 Å². The smallest absolute Gasteiger partial charge is 0.317 e. The van der Waals surface area contributed by atoms with Gasteiger partial charge in [-0.3, -0.25) is 9.59 Å². The third kappa shape index (κ3) is 13.7. The number of cyclic esters (lactones) is 2. The maximum Gasteiger partial charge on any atom is 0.317 e. The minimum Gasteiger partial charge on any atom is -0.393 e. The number of carbonyl (C=O) groups is 2. The Morgan fingerprint density at radius 1 is 0.741 bits per heavy atom. The average Bonchev–Trinajstić information content (AvgIpc) is 2.98. The van der Waals surface area contributed by atoms with Crippen molar-refractivity contribution in [2.75, 3.05) is 0 Å². The summed E-state index contributed by atoms with van der Waals surface area (Å²) >= 11 is 0. The van der Waals surface area contributed by atoms with Crippen LogP contribution in [-0.2, 0) is 14.3 Å². The number of allylic oxidation sites excluding steroid dienone is 2. The second kappa shape index (κ2) is 17.0. The van der Waals surface area contributed by atoms with Crippen LogP contribution in [0.4, 0.5) is 0 Å². The summed E-state index contributed by atoms with van der Waals surface area (Å²) in [4.78, 5) is 22.3. The highest BCUT2D eigenvalue weighted by molar-refractivity contribution is 5.94. The first kappa shape index (κ1) is 23.9. The zero-order valence-electron chi connectivity index (χ0n) is 17.7. The van der Waals surface area contributed by atoms with Crippen LogP contribution in [0.25, 0.3) is 0 Å². The minimum atomic E-state index is -0.352. The Morgan fingerprint density at radius 2 is 1.22 bits per heavy atom. The molecule has 3 heteroatoms. The highest BCUT2D eigenvalue weighted by Gasteiger charge is 2.32. The molecule has 0 saturated carbocycles. The normalized spacial score (nSPS) is 17.1. The van der Waals surface area contributed by atoms with Crippen molar-refractivity contribution in [1.29, 1.82) is 0 Å². The summed E-state index contributed by atoms with van der Waals surface area (Å²) in [6.45, 7) is 2.28. The van der Waals surface area contributed by atoms with Crippen LogP contribution < -0.4 is 0 Å². The van der Waals surface area contributed by atoms with Gasteiger partial charge in [0.1, 0.15) is 0 Å². The van der Waals surface area contributed by atoms with Gasteiger partial charge in [0, 0.05) is 0 Å². The van der Waals surface area contributed by atoms with Crippen molar-refractivity contribution in [1.82, 2.24) is 0 Å². The standard InChI is InChI=1S/C24H42O3/c1-2-3-4-5-6-7-8-9-10-11-12-13-14-15-16-17-18-19-20-22-21-23(25)27-24(22)26/h14-15,22H,2-13,16-21H2,1H3/b15-14+. The highest BCUT2D eigenvalue weighted by atomic mass is 16.6. The lowest BCUT2D eigenvalue weighted by atomic mass is 9.99. The van der Waals surface area contributed by atoms with Crippen molar-refractivity contribution in [3.63, 3.8) is 0 Å². The van der Waals surface area contributed by atoms with Gasteiger partial charge in [-0.25, -0.2) is 0 Å². The van der Waals surface area contributed by atoms with Crippen LogP contribution in [-0.4, -0.2) is 11.9 Å². The summed E-state index contributed by atoms with van der Waals surface area (Å²) < 4.78 is 4.57. The predicted molar refractivity (Wildman–Crippen MR) is 113 cm³/mol. The van der Waals surface area contributed by atoms with Gasteiger partial charge in [0.15, 0.2) is 0 Å². The Bertz CT molecular complexity index is 414. The van der Waals surface area contributed by atoms with E-state index < -0.39 is 0 Å². The van der Waals surface area contributed by atoms with E-state index in [4.69, 9.17) is 0 Å². The lowest BCUT2D eigenvalue weighted by Gasteiger charge is -2.03. The zero-order chi connectivity index (χ0) is 19.6. The second-order valence-corrected chi connectivity index (χ2v) is 8.13. The van der Waals surface area contributed by atoms with Gasteiger partial charge in [-0.05, 0) is 32.1 Å². The minimum absolute atomic E-state index is 0.172. The summed E-state index contributed by atoms with van der Waals surface area (Å²) in [5, 5.41) is 0. The van der Waals surface area contributed by atoms with Crippen molar-refractivity contribution in [2.45, 2.75) is 122 Å². The van der Waals surface area contributed by atoms with Crippen LogP contribution >= 0.6 is 0 Å². The maximum atomic E-state index is 11.3. The first-order chi connectivity index (χ1) is 13.2. The molecule has 27 heavy (non-hydrogen) atoms. The quantitative estimate of drug-likeness (QED) is 0.109. The predicted octanol–water partition coefficient (Wildman–Crippen LogP) is 7.28. The molecule has 0 aromatic heterocycles. The summed E-state index contributed by atoms with van der Waals surface area (Å²) in [7, 11) is 0. The topological polar surface area (TPSA) is 43.4 Å². The fourth-order valence-corrected chi connectivity index (χ4v) is 3.73. The molecule has 1 saturated heterocycles. The Morgan fingerprint density at radius 3 is 1.70 bits per heavy atom. The van der Waals surface area contributed by atoms with E-state index in [9.17, 15) is 9.59 Å². The molecule has 0 spiro atoms. The van der Waals surface area contributed by atoms with E-state index >= 15 is 0 Å². The SMILES string of the molecule is CCCCCCCCCCCCC/C=C/CCCCCC1CC(=O)OC1=O. The Labute approximate surface area is 167 Å². The van der Waals surface area contributed by atoms with Crippen LogP contribution in [0.1, 0.15) is 122 Å². The molecule has 0 aromatic rings. The fraction of sp³-hybridized carbons (Fsp3) is 0.833. The van der Waals surface area contributed by atoms with Crippen LogP contribution in [0.5, 0.6) is 0 Å². The van der Waals surface area contributed by atoms with Crippen LogP contribution in [0.15, 0.2) is 12.2 Å². The molecule has 1 atom stereocenters. The molecule has 0 aromatic carbocycles. The number of ether oxygens (including phenoxy) is 1. The molecule has 1 heterocycles. The zero-order valence-corrected chi connectivity index (χ0v) is 17.7. The number of unbranched alkanes of at least 4 members (excludes halogenated alkanes) is 14. The Balaban J connectivity index is 1.76. The van der Waals surface area contributed by atoms with E-state index in [1.54, 1.807) is 0 Å². The molecule has 0 N–H and O–H groups in total. The largest absolute Gasteiger partial charge is 0.393 e. The van der Waals surface area contributed by atoms with Gasteiger partial charge in [-0.1, -0.05) is 96.1 Å². The van der Waals surface area contributed by atoms with E-state index in [-0.39, 0.29) is 24.3 Å². The molecule has 1 aliphatic rings. The molecule has 0 radical (unpaired) electrons. The molecule has 1 aliphatic heterocycles. The first-order valence-corrected chi connectivity index (χ1v) is 11.6. The molecule has 1 rings (SSSR count). The summed E-state index contributed by atoms with van der Waals surface area (Å²) in [6.07, 6.45) is 26.8. The molecule has 156 valence electrons. The van der Waals surface area contributed by atoms with Gasteiger partial charge < -0.3 is 4.74 Å². The molecule has 1 fully saturated rings. The van der Waals surface area contributed by atoms with Crippen molar-refractivity contribution in [2.24, 2.45) is 5.92 Å². The van der Waals surface area contributed by atoms with Crippen molar-refractivity contribution < 1.29 is 14.3 Å². The lowest BCUT2D eigenvalue weighted by molar-refractivity contribution is -0.153. The first-order valence-electron chi connectivity index (χ1n) is 11.6. The highest BCUT2D eigenvalue weighted by Crippen LogP contribution is 2.22. The van der Waals surface area contributed by atoms with Crippen LogP contribution in [0, 0.1) is 5.92 Å². The molecular weight excluding hydrogens is 336 g/mol. The Hall–Kier alpha value is -1.12. The van der Waals surface area contributed by atoms with Crippen molar-refractivity contribution >= 4 is 11.9 Å². The van der Waals surface area contributed by atoms with Crippen molar-refractivity contribution in [3.8, 4) is 0 Å². The van der Waals surface area contributed by atoms with Gasteiger partial charge in [0.05, 0.1) is 12.3 Å². The van der Waals surface area contributed by atoms with Crippen LogP contribution in [0.2, 0.25) is 0 Å². The number of hydrogen-bond acceptors (Lipinski definition) is 3. The second-order valence-electron chi connectivity index (χ2n) is 8.13. The van der Waals surface area contributed by atoms with Gasteiger partial charge >= 0.3 is 11.9 Å². The van der Waals surface area contributed by atoms with Gasteiger partial charge in [0.2, 0.25) is 0 Å². The number of hydrogen-bond donors (Lipinski definition) is 0. The molecular formula is C24H42O3. The Kier molecular flexibility index (Phi) is 15.1. The van der Waals surface area contributed by atoms with E-state index in [1.807, 2.05) is 0 Å². The molecule has 1 unspecified atom stereocenters. The van der Waals surface area contributed by atoms with E-state index in [2.05, 4.69) is 23.8 Å². The number of carbonyl (C=O) groups excluding carboxylic acids is 2. The third-order valence-electron chi connectivity index (χ3n) is 5.53. The fourth-order valence-electron chi connectivity index (χ4n) is 3.73. The average molecular weight is 379 g/mol. The van der Waals surface area contributed by atoms with Crippen LogP contribution in [0.3, 0.4) is 0 Å². The monoisotopic (exact) mass is 378 g/mol. The molecule has 0 bridgehead atoms. The summed E-state index contributed by atoms with van der Waals surface area (Å²) in [5.74, 6) is -0.837. The number of rotatable bonds is 18. The van der Waals surface area contributed by atoms with E-state index in [0.29, 0.717) is 0 Å². The third-order valence-corrected chi connectivity index (χ3v) is 5.53. The van der Waals surface area contributed by atoms with Gasteiger partial charge in [0.25, 0.3) is 0 Å². The number of esters is 2. The lowest BCUT2D eigenvalue weighted by Crippen LogP contribution is -2.06. The molecule has 0 amide bonds. The molecule has 0 aliphatic carbocycles. The summed E-state index contributed by atoms with van der Waals surface area (Å²) in [5.41, 5.74) is 0. The van der Waals surface area contributed by atoms with Gasteiger partial charge in [-0.2, -0.15) is 0 Å².